The van der Waals surface area contributed by atoms with Gasteiger partial charge in [-0.1, -0.05) is 18.2 Å². The third-order valence-electron chi connectivity index (χ3n) is 1.40. The third kappa shape index (κ3) is 3.42. The van der Waals surface area contributed by atoms with Crippen molar-refractivity contribution in [1.82, 2.24) is 0 Å². The summed E-state index contributed by atoms with van der Waals surface area (Å²) in [4.78, 5) is 11.2. The minimum atomic E-state index is -0.203. The van der Waals surface area contributed by atoms with Crippen LogP contribution in [-0.4, -0.2) is 5.91 Å². The number of carbonyl (C=O) groups is 1. The van der Waals surface area contributed by atoms with Gasteiger partial charge in [0.15, 0.2) is 0 Å². The van der Waals surface area contributed by atoms with E-state index in [1.807, 2.05) is 30.3 Å². The number of carbonyl (C=O) groups excluding carboxylic acids is 1. The maximum absolute atomic E-state index is 11.2. The predicted octanol–water partition coefficient (Wildman–Crippen LogP) is 1.49. The highest BCUT2D eigenvalue weighted by Crippen LogP contribution is 2.04. The van der Waals surface area contributed by atoms with Gasteiger partial charge < -0.3 is 11.1 Å². The largest absolute Gasteiger partial charge is 0.402 e. The number of rotatable bonds is 2. The first-order valence-electron chi connectivity index (χ1n) is 3.98. The molecule has 0 bridgehead atoms. The van der Waals surface area contributed by atoms with E-state index in [0.29, 0.717) is 5.70 Å². The number of para-hydroxylation sites is 1. The molecule has 68 valence electrons. The molecule has 3 heteroatoms. The Labute approximate surface area is 77.3 Å². The molecule has 0 radical (unpaired) electrons. The van der Waals surface area contributed by atoms with Gasteiger partial charge in [-0.25, -0.2) is 0 Å². The standard InChI is InChI=1S/C10H12N2O/c1-8(11)7-10(13)12-9-5-3-2-4-6-9/h2-7H,11H2,1H3,(H,12,13)/b8-7+. The lowest BCUT2D eigenvalue weighted by molar-refractivity contribution is -0.111. The topological polar surface area (TPSA) is 55.1 Å². The maximum atomic E-state index is 11.2. The first-order chi connectivity index (χ1) is 6.18. The average molecular weight is 176 g/mol. The Morgan fingerprint density at radius 3 is 2.54 bits per heavy atom. The SMILES string of the molecule is C/C(N)=C\C(=O)Nc1ccccc1. The highest BCUT2D eigenvalue weighted by Gasteiger charge is 1.96. The molecular formula is C10H12N2O. The molecule has 0 aromatic heterocycles. The fourth-order valence-electron chi connectivity index (χ4n) is 0.907. The number of amides is 1. The molecule has 3 N–H and O–H groups in total. The maximum Gasteiger partial charge on any atom is 0.250 e. The fraction of sp³-hybridized carbons (Fsp3) is 0.100. The Hall–Kier alpha value is -1.77. The second-order valence-electron chi connectivity index (χ2n) is 2.74. The number of hydrogen-bond donors (Lipinski definition) is 2. The van der Waals surface area contributed by atoms with E-state index in [9.17, 15) is 4.79 Å². The van der Waals surface area contributed by atoms with Crippen molar-refractivity contribution in [3.05, 3.63) is 42.1 Å². The van der Waals surface area contributed by atoms with Crippen LogP contribution in [0.5, 0.6) is 0 Å². The van der Waals surface area contributed by atoms with E-state index in [2.05, 4.69) is 5.32 Å². The minimum absolute atomic E-state index is 0.203. The van der Waals surface area contributed by atoms with Crippen molar-refractivity contribution in [1.29, 1.82) is 0 Å². The van der Waals surface area contributed by atoms with Crippen molar-refractivity contribution in [3.63, 3.8) is 0 Å². The monoisotopic (exact) mass is 176 g/mol. The summed E-state index contributed by atoms with van der Waals surface area (Å²) in [6.07, 6.45) is 1.35. The average Bonchev–Trinajstić information content (AvgIpc) is 2.04. The molecule has 1 rings (SSSR count). The van der Waals surface area contributed by atoms with Crippen molar-refractivity contribution < 1.29 is 4.79 Å². The van der Waals surface area contributed by atoms with E-state index in [-0.39, 0.29) is 5.91 Å². The number of nitrogens with one attached hydrogen (secondary N) is 1. The Morgan fingerprint density at radius 2 is 2.00 bits per heavy atom. The fourth-order valence-corrected chi connectivity index (χ4v) is 0.907. The highest BCUT2D eigenvalue weighted by atomic mass is 16.1. The summed E-state index contributed by atoms with van der Waals surface area (Å²) in [5.74, 6) is -0.203. The van der Waals surface area contributed by atoms with Crippen molar-refractivity contribution in [3.8, 4) is 0 Å². The van der Waals surface area contributed by atoms with Gasteiger partial charge in [-0.2, -0.15) is 0 Å². The van der Waals surface area contributed by atoms with Gasteiger partial charge in [0.2, 0.25) is 5.91 Å². The second kappa shape index (κ2) is 4.30. The summed E-state index contributed by atoms with van der Waals surface area (Å²) >= 11 is 0. The summed E-state index contributed by atoms with van der Waals surface area (Å²) in [5, 5.41) is 2.68. The smallest absolute Gasteiger partial charge is 0.250 e. The quantitative estimate of drug-likeness (QED) is 0.671. The zero-order chi connectivity index (χ0) is 9.68. The summed E-state index contributed by atoms with van der Waals surface area (Å²) in [6, 6.07) is 9.23. The number of anilines is 1. The molecule has 0 aliphatic carbocycles. The molecule has 0 atom stereocenters. The second-order valence-corrected chi connectivity index (χ2v) is 2.74. The number of benzene rings is 1. The van der Waals surface area contributed by atoms with Crippen LogP contribution in [0.4, 0.5) is 5.69 Å². The molecule has 1 aromatic carbocycles. The molecule has 0 fully saturated rings. The van der Waals surface area contributed by atoms with Crippen LogP contribution in [0, 0.1) is 0 Å². The van der Waals surface area contributed by atoms with Crippen molar-refractivity contribution in [2.75, 3.05) is 5.32 Å². The zero-order valence-electron chi connectivity index (χ0n) is 7.45. The van der Waals surface area contributed by atoms with Gasteiger partial charge in [-0.3, -0.25) is 4.79 Å². The van der Waals surface area contributed by atoms with E-state index < -0.39 is 0 Å². The lowest BCUT2D eigenvalue weighted by Gasteiger charge is -2.00. The van der Waals surface area contributed by atoms with Crippen LogP contribution in [0.3, 0.4) is 0 Å². The molecule has 0 spiro atoms. The van der Waals surface area contributed by atoms with E-state index in [1.54, 1.807) is 6.92 Å². The molecule has 1 aromatic rings. The predicted molar refractivity (Wildman–Crippen MR) is 53.0 cm³/mol. The molecular weight excluding hydrogens is 164 g/mol. The van der Waals surface area contributed by atoms with Gasteiger partial charge in [-0.15, -0.1) is 0 Å². The van der Waals surface area contributed by atoms with Gasteiger partial charge in [0, 0.05) is 17.5 Å². The molecule has 0 heterocycles. The lowest BCUT2D eigenvalue weighted by Crippen LogP contribution is -2.10. The van der Waals surface area contributed by atoms with Crippen LogP contribution in [-0.2, 0) is 4.79 Å². The Balaban J connectivity index is 2.61. The molecule has 0 aliphatic heterocycles. The Bertz CT molecular complexity index is 313. The van der Waals surface area contributed by atoms with Gasteiger partial charge in [0.25, 0.3) is 0 Å². The molecule has 0 aliphatic rings. The molecule has 0 saturated carbocycles. The Morgan fingerprint density at radius 1 is 1.38 bits per heavy atom. The van der Waals surface area contributed by atoms with Gasteiger partial charge >= 0.3 is 0 Å². The number of allylic oxidation sites excluding steroid dienone is 1. The molecule has 0 saturated heterocycles. The van der Waals surface area contributed by atoms with Crippen molar-refractivity contribution >= 4 is 11.6 Å². The van der Waals surface area contributed by atoms with Crippen LogP contribution >= 0.6 is 0 Å². The van der Waals surface area contributed by atoms with Crippen LogP contribution in [0.2, 0.25) is 0 Å². The van der Waals surface area contributed by atoms with E-state index >= 15 is 0 Å². The van der Waals surface area contributed by atoms with Crippen molar-refractivity contribution in [2.24, 2.45) is 5.73 Å². The first-order valence-corrected chi connectivity index (χ1v) is 3.98. The Kier molecular flexibility index (Phi) is 3.09. The van der Waals surface area contributed by atoms with E-state index in [1.165, 1.54) is 6.08 Å². The first kappa shape index (κ1) is 9.32. The molecule has 1 amide bonds. The van der Waals surface area contributed by atoms with Gasteiger partial charge in [-0.05, 0) is 19.1 Å². The van der Waals surface area contributed by atoms with Gasteiger partial charge in [0.1, 0.15) is 0 Å². The molecule has 3 nitrogen and oxygen atoms in total. The van der Waals surface area contributed by atoms with Crippen LogP contribution in [0.1, 0.15) is 6.92 Å². The summed E-state index contributed by atoms with van der Waals surface area (Å²) < 4.78 is 0. The van der Waals surface area contributed by atoms with E-state index in [0.717, 1.165) is 5.69 Å². The summed E-state index contributed by atoms with van der Waals surface area (Å²) in [5.41, 5.74) is 6.61. The number of nitrogens with two attached hydrogens (primary N) is 1. The van der Waals surface area contributed by atoms with Crippen LogP contribution in [0.25, 0.3) is 0 Å². The van der Waals surface area contributed by atoms with Crippen molar-refractivity contribution in [2.45, 2.75) is 6.92 Å². The van der Waals surface area contributed by atoms with Gasteiger partial charge in [0.05, 0.1) is 0 Å². The minimum Gasteiger partial charge on any atom is -0.402 e. The molecule has 13 heavy (non-hydrogen) atoms. The highest BCUT2D eigenvalue weighted by molar-refractivity contribution is 5.99. The third-order valence-corrected chi connectivity index (χ3v) is 1.40. The normalized spacial score (nSPS) is 11.0. The summed E-state index contributed by atoms with van der Waals surface area (Å²) in [6.45, 7) is 1.67. The summed E-state index contributed by atoms with van der Waals surface area (Å²) in [7, 11) is 0. The van der Waals surface area contributed by atoms with Crippen LogP contribution in [0.15, 0.2) is 42.1 Å². The number of hydrogen-bond acceptors (Lipinski definition) is 2. The molecule has 0 unspecified atom stereocenters. The zero-order valence-corrected chi connectivity index (χ0v) is 7.45. The lowest BCUT2D eigenvalue weighted by atomic mass is 10.3. The van der Waals surface area contributed by atoms with E-state index in [4.69, 9.17) is 5.73 Å². The van der Waals surface area contributed by atoms with Crippen LogP contribution < -0.4 is 11.1 Å².